The van der Waals surface area contributed by atoms with Crippen molar-refractivity contribution in [2.24, 2.45) is 5.73 Å². The van der Waals surface area contributed by atoms with Gasteiger partial charge in [0.1, 0.15) is 0 Å². The Hall–Kier alpha value is -1.65. The number of nitrogens with zero attached hydrogens (tertiary/aromatic N) is 2. The van der Waals surface area contributed by atoms with Gasteiger partial charge in [-0.25, -0.2) is 0 Å². The van der Waals surface area contributed by atoms with E-state index in [0.717, 1.165) is 43.1 Å². The lowest BCUT2D eigenvalue weighted by Gasteiger charge is -2.11. The minimum atomic E-state index is 0.311. The molecule has 1 aliphatic rings. The van der Waals surface area contributed by atoms with Crippen molar-refractivity contribution < 1.29 is 4.52 Å². The Morgan fingerprint density at radius 2 is 2.17 bits per heavy atom. The van der Waals surface area contributed by atoms with Crippen molar-refractivity contribution in [2.75, 3.05) is 13.1 Å². The number of rotatable bonds is 3. The molecule has 0 radical (unpaired) electrons. The summed E-state index contributed by atoms with van der Waals surface area (Å²) in [6.45, 7) is 2.83. The van der Waals surface area contributed by atoms with Crippen LogP contribution in [0.25, 0.3) is 11.3 Å². The van der Waals surface area contributed by atoms with Crippen molar-refractivity contribution in [2.45, 2.75) is 19.0 Å². The lowest BCUT2D eigenvalue weighted by atomic mass is 10.1. The molecule has 4 heteroatoms. The van der Waals surface area contributed by atoms with Crippen LogP contribution in [0.3, 0.4) is 0 Å². The van der Waals surface area contributed by atoms with Crippen LogP contribution in [-0.4, -0.2) is 29.2 Å². The van der Waals surface area contributed by atoms with E-state index in [0.29, 0.717) is 6.04 Å². The van der Waals surface area contributed by atoms with Crippen LogP contribution in [0.4, 0.5) is 0 Å². The molecule has 94 valence electrons. The van der Waals surface area contributed by atoms with E-state index in [1.54, 1.807) is 0 Å². The molecule has 18 heavy (non-hydrogen) atoms. The molecule has 2 heterocycles. The molecular formula is C14H17N3O. The molecule has 4 nitrogen and oxygen atoms in total. The summed E-state index contributed by atoms with van der Waals surface area (Å²) in [5, 5.41) is 4.12. The number of hydrogen-bond donors (Lipinski definition) is 1. The van der Waals surface area contributed by atoms with Crippen LogP contribution in [0.1, 0.15) is 12.1 Å². The van der Waals surface area contributed by atoms with Gasteiger partial charge in [0.25, 0.3) is 0 Å². The van der Waals surface area contributed by atoms with E-state index in [9.17, 15) is 0 Å². The maximum atomic E-state index is 5.89. The van der Waals surface area contributed by atoms with Crippen molar-refractivity contribution >= 4 is 0 Å². The van der Waals surface area contributed by atoms with E-state index in [4.69, 9.17) is 10.3 Å². The predicted octanol–water partition coefficient (Wildman–Crippen LogP) is 1.87. The second-order valence-electron chi connectivity index (χ2n) is 4.83. The molecule has 0 saturated carbocycles. The number of aromatic nitrogens is 1. The first-order chi connectivity index (χ1) is 8.81. The quantitative estimate of drug-likeness (QED) is 0.894. The van der Waals surface area contributed by atoms with Crippen molar-refractivity contribution in [1.29, 1.82) is 0 Å². The van der Waals surface area contributed by atoms with Gasteiger partial charge >= 0.3 is 0 Å². The van der Waals surface area contributed by atoms with Crippen molar-refractivity contribution in [1.82, 2.24) is 10.1 Å². The van der Waals surface area contributed by atoms with Gasteiger partial charge in [-0.15, -0.1) is 0 Å². The topological polar surface area (TPSA) is 55.3 Å². The molecule has 3 rings (SSSR count). The standard InChI is InChI=1S/C14H17N3O/c15-12-6-7-17(9-12)10-13-8-14(18-16-13)11-4-2-1-3-5-11/h1-5,8,12H,6-7,9-10,15H2/t12-/m0/s1. The molecule has 2 N–H and O–H groups in total. The third-order valence-corrected chi connectivity index (χ3v) is 3.31. The van der Waals surface area contributed by atoms with Crippen LogP contribution in [0.2, 0.25) is 0 Å². The molecule has 0 aliphatic carbocycles. The lowest BCUT2D eigenvalue weighted by molar-refractivity contribution is 0.311. The van der Waals surface area contributed by atoms with Gasteiger partial charge in [0.2, 0.25) is 0 Å². The first kappa shape index (κ1) is 11.4. The Labute approximate surface area is 106 Å². The number of likely N-dealkylation sites (tertiary alicyclic amines) is 1. The highest BCUT2D eigenvalue weighted by molar-refractivity contribution is 5.56. The molecule has 0 unspecified atom stereocenters. The zero-order valence-electron chi connectivity index (χ0n) is 10.2. The SMILES string of the molecule is N[C@H]1CCN(Cc2cc(-c3ccccc3)on2)C1. The van der Waals surface area contributed by atoms with Gasteiger partial charge in [-0.3, -0.25) is 4.90 Å². The van der Waals surface area contributed by atoms with Crippen molar-refractivity contribution in [3.63, 3.8) is 0 Å². The Morgan fingerprint density at radius 3 is 2.89 bits per heavy atom. The predicted molar refractivity (Wildman–Crippen MR) is 69.8 cm³/mol. The molecule has 0 bridgehead atoms. The van der Waals surface area contributed by atoms with Gasteiger partial charge in [0, 0.05) is 37.3 Å². The first-order valence-corrected chi connectivity index (χ1v) is 6.30. The molecule has 1 saturated heterocycles. The third-order valence-electron chi connectivity index (χ3n) is 3.31. The average molecular weight is 243 g/mol. The number of hydrogen-bond acceptors (Lipinski definition) is 4. The van der Waals surface area contributed by atoms with Crippen molar-refractivity contribution in [3.8, 4) is 11.3 Å². The van der Waals surface area contributed by atoms with Crippen LogP contribution >= 0.6 is 0 Å². The second kappa shape index (κ2) is 4.92. The summed E-state index contributed by atoms with van der Waals surface area (Å²) in [6, 6.07) is 12.4. The van der Waals surface area contributed by atoms with Crippen LogP contribution in [0.15, 0.2) is 40.9 Å². The molecule has 0 spiro atoms. The van der Waals surface area contributed by atoms with Crippen molar-refractivity contribution in [3.05, 3.63) is 42.1 Å². The summed E-state index contributed by atoms with van der Waals surface area (Å²) >= 11 is 0. The molecule has 2 aromatic rings. The fourth-order valence-electron chi connectivity index (χ4n) is 2.36. The first-order valence-electron chi connectivity index (χ1n) is 6.30. The summed E-state index contributed by atoms with van der Waals surface area (Å²) in [5.74, 6) is 0.828. The minimum Gasteiger partial charge on any atom is -0.356 e. The number of benzene rings is 1. The maximum absolute atomic E-state index is 5.89. The van der Waals surface area contributed by atoms with Gasteiger partial charge in [-0.1, -0.05) is 35.5 Å². The third kappa shape index (κ3) is 2.44. The summed E-state index contributed by atoms with van der Waals surface area (Å²) in [6.07, 6.45) is 1.07. The normalized spacial score (nSPS) is 20.4. The summed E-state index contributed by atoms with van der Waals surface area (Å²) in [7, 11) is 0. The molecule has 1 fully saturated rings. The largest absolute Gasteiger partial charge is 0.356 e. The Kier molecular flexibility index (Phi) is 3.13. The second-order valence-corrected chi connectivity index (χ2v) is 4.83. The molecule has 1 aromatic carbocycles. The van der Waals surface area contributed by atoms with Crippen LogP contribution in [0, 0.1) is 0 Å². The van der Waals surface area contributed by atoms with Crippen LogP contribution in [0.5, 0.6) is 0 Å². The Balaban J connectivity index is 1.70. The maximum Gasteiger partial charge on any atom is 0.167 e. The summed E-state index contributed by atoms with van der Waals surface area (Å²) in [4.78, 5) is 2.32. The highest BCUT2D eigenvalue weighted by atomic mass is 16.5. The Bertz CT molecular complexity index is 509. The van der Waals surface area contributed by atoms with E-state index in [-0.39, 0.29) is 0 Å². The fourth-order valence-corrected chi connectivity index (χ4v) is 2.36. The van der Waals surface area contributed by atoms with Gasteiger partial charge < -0.3 is 10.3 Å². The van der Waals surface area contributed by atoms with Crippen LogP contribution < -0.4 is 5.73 Å². The van der Waals surface area contributed by atoms with E-state index >= 15 is 0 Å². The molecular weight excluding hydrogens is 226 g/mol. The van der Waals surface area contributed by atoms with E-state index in [1.807, 2.05) is 36.4 Å². The van der Waals surface area contributed by atoms with E-state index in [1.165, 1.54) is 0 Å². The van der Waals surface area contributed by atoms with Gasteiger partial charge in [-0.05, 0) is 6.42 Å². The van der Waals surface area contributed by atoms with Gasteiger partial charge in [-0.2, -0.15) is 0 Å². The Morgan fingerprint density at radius 1 is 1.33 bits per heavy atom. The summed E-state index contributed by atoms with van der Waals surface area (Å²) < 4.78 is 5.38. The van der Waals surface area contributed by atoms with Gasteiger partial charge in [0.15, 0.2) is 5.76 Å². The highest BCUT2D eigenvalue weighted by Crippen LogP contribution is 2.21. The molecule has 1 aliphatic heterocycles. The smallest absolute Gasteiger partial charge is 0.167 e. The zero-order valence-corrected chi connectivity index (χ0v) is 10.2. The molecule has 1 aromatic heterocycles. The highest BCUT2D eigenvalue weighted by Gasteiger charge is 2.20. The summed E-state index contributed by atoms with van der Waals surface area (Å²) in [5.41, 5.74) is 7.93. The molecule has 0 amide bonds. The zero-order chi connectivity index (χ0) is 12.4. The fraction of sp³-hybridized carbons (Fsp3) is 0.357. The van der Waals surface area contributed by atoms with E-state index < -0.39 is 0 Å². The van der Waals surface area contributed by atoms with Crippen LogP contribution in [-0.2, 0) is 6.54 Å². The molecule has 1 atom stereocenters. The lowest BCUT2D eigenvalue weighted by Crippen LogP contribution is -2.26. The number of nitrogens with two attached hydrogens (primary N) is 1. The van der Waals surface area contributed by atoms with E-state index in [2.05, 4.69) is 10.1 Å². The van der Waals surface area contributed by atoms with Gasteiger partial charge in [0.05, 0.1) is 5.69 Å². The average Bonchev–Trinajstić information content (AvgIpc) is 3.01. The monoisotopic (exact) mass is 243 g/mol. The minimum absolute atomic E-state index is 0.311.